The lowest BCUT2D eigenvalue weighted by Crippen LogP contribution is -2.16. The van der Waals surface area contributed by atoms with E-state index in [1.165, 1.54) is 28.9 Å². The average Bonchev–Trinajstić information content (AvgIpc) is 3.08. The molecule has 1 amide bonds. The third-order valence-corrected chi connectivity index (χ3v) is 5.46. The van der Waals surface area contributed by atoms with Crippen LogP contribution >= 0.6 is 0 Å². The molecule has 0 bridgehead atoms. The number of benzene rings is 2. The zero-order chi connectivity index (χ0) is 22.1. The van der Waals surface area contributed by atoms with Crippen molar-refractivity contribution in [2.45, 2.75) is 17.6 Å². The number of hydrogen-bond donors (Lipinski definition) is 1. The fourth-order valence-electron chi connectivity index (χ4n) is 2.59. The van der Waals surface area contributed by atoms with Gasteiger partial charge >= 0.3 is 5.76 Å². The predicted octanol–water partition coefficient (Wildman–Crippen LogP) is 3.34. The van der Waals surface area contributed by atoms with Crippen LogP contribution in [0.2, 0.25) is 0 Å². The molecule has 0 aliphatic heterocycles. The van der Waals surface area contributed by atoms with Crippen LogP contribution in [-0.4, -0.2) is 34.8 Å². The molecule has 0 unspecified atom stereocenters. The number of nitro groups is 1. The summed E-state index contributed by atoms with van der Waals surface area (Å²) in [6.07, 6.45) is 0. The van der Waals surface area contributed by atoms with Gasteiger partial charge in [0, 0.05) is 23.8 Å². The van der Waals surface area contributed by atoms with E-state index in [0.29, 0.717) is 11.4 Å². The third-order valence-electron chi connectivity index (χ3n) is 4.06. The Morgan fingerprint density at radius 3 is 2.27 bits per heavy atom. The van der Waals surface area contributed by atoms with E-state index in [1.54, 1.807) is 13.0 Å². The summed E-state index contributed by atoms with van der Waals surface area (Å²) >= 11 is 0. The van der Waals surface area contributed by atoms with Crippen molar-refractivity contribution in [3.05, 3.63) is 76.0 Å². The van der Waals surface area contributed by atoms with Crippen LogP contribution in [0.15, 0.2) is 59.5 Å². The lowest BCUT2D eigenvalue weighted by atomic mass is 10.2. The van der Waals surface area contributed by atoms with E-state index in [4.69, 9.17) is 0 Å². The molecule has 30 heavy (non-hydrogen) atoms. The Bertz CT molecular complexity index is 1210. The number of carbonyl (C=O) groups excluding carboxylic acids is 1. The minimum atomic E-state index is -4.75. The molecule has 2 aromatic carbocycles. The van der Waals surface area contributed by atoms with Crippen LogP contribution in [0.5, 0.6) is 0 Å². The second-order valence-electron chi connectivity index (χ2n) is 6.14. The number of amides is 1. The standard InChI is InChI=1S/C18H14F2N4O5S/c1-11-10-16(23(22-11)13-4-6-14(7-5-13)24(26)27)21-17(25)12-2-8-15(9-3-12)30(28,29)18(19)20/h2-10,18H,1H3,(H,21,25). The molecule has 3 rings (SSSR count). The molecule has 0 saturated heterocycles. The molecule has 1 heterocycles. The van der Waals surface area contributed by atoms with Gasteiger partial charge < -0.3 is 5.32 Å². The maximum Gasteiger partial charge on any atom is 0.341 e. The highest BCUT2D eigenvalue weighted by Crippen LogP contribution is 2.22. The van der Waals surface area contributed by atoms with Gasteiger partial charge in [-0.2, -0.15) is 13.9 Å². The molecule has 0 spiro atoms. The first kappa shape index (κ1) is 21.0. The summed E-state index contributed by atoms with van der Waals surface area (Å²) in [6.45, 7) is 1.68. The number of nitro benzene ring substituents is 1. The molecule has 12 heteroatoms. The number of halogens is 2. The first-order chi connectivity index (χ1) is 14.1. The zero-order valence-electron chi connectivity index (χ0n) is 15.3. The van der Waals surface area contributed by atoms with E-state index in [2.05, 4.69) is 10.4 Å². The van der Waals surface area contributed by atoms with Crippen molar-refractivity contribution in [3.8, 4) is 5.69 Å². The maximum absolute atomic E-state index is 12.6. The highest BCUT2D eigenvalue weighted by atomic mass is 32.2. The summed E-state index contributed by atoms with van der Waals surface area (Å²) in [6, 6.07) is 11.2. The first-order valence-corrected chi connectivity index (χ1v) is 9.89. The summed E-state index contributed by atoms with van der Waals surface area (Å²) < 4.78 is 49.5. The lowest BCUT2D eigenvalue weighted by molar-refractivity contribution is -0.384. The Labute approximate surface area is 169 Å². The second kappa shape index (κ2) is 7.99. The molecule has 0 aliphatic rings. The van der Waals surface area contributed by atoms with Crippen molar-refractivity contribution in [2.75, 3.05) is 5.32 Å². The Balaban J connectivity index is 1.85. The van der Waals surface area contributed by atoms with Gasteiger partial charge in [0.15, 0.2) is 0 Å². The molecule has 3 aromatic rings. The van der Waals surface area contributed by atoms with E-state index >= 15 is 0 Å². The molecule has 0 radical (unpaired) electrons. The van der Waals surface area contributed by atoms with Crippen molar-refractivity contribution in [1.82, 2.24) is 9.78 Å². The van der Waals surface area contributed by atoms with E-state index in [9.17, 15) is 32.1 Å². The molecule has 0 atom stereocenters. The van der Waals surface area contributed by atoms with E-state index in [0.717, 1.165) is 24.3 Å². The summed E-state index contributed by atoms with van der Waals surface area (Å²) in [7, 11) is -4.75. The minimum Gasteiger partial charge on any atom is -0.306 e. The summed E-state index contributed by atoms with van der Waals surface area (Å²) in [5.41, 5.74) is 0.953. The Morgan fingerprint density at radius 1 is 1.13 bits per heavy atom. The molecule has 1 aromatic heterocycles. The van der Waals surface area contributed by atoms with Crippen LogP contribution in [0, 0.1) is 17.0 Å². The highest BCUT2D eigenvalue weighted by molar-refractivity contribution is 7.91. The van der Waals surface area contributed by atoms with Gasteiger partial charge in [0.05, 0.1) is 21.2 Å². The number of nitrogens with one attached hydrogen (secondary N) is 1. The number of alkyl halides is 2. The number of nitrogens with zero attached hydrogens (tertiary/aromatic N) is 3. The van der Waals surface area contributed by atoms with Crippen LogP contribution in [0.1, 0.15) is 16.1 Å². The fourth-order valence-corrected chi connectivity index (χ4v) is 3.31. The number of aromatic nitrogens is 2. The van der Waals surface area contributed by atoms with Gasteiger partial charge in [-0.3, -0.25) is 14.9 Å². The summed E-state index contributed by atoms with van der Waals surface area (Å²) in [5, 5.41) is 17.6. The van der Waals surface area contributed by atoms with Gasteiger partial charge in [-0.15, -0.1) is 0 Å². The van der Waals surface area contributed by atoms with Gasteiger partial charge in [-0.25, -0.2) is 13.1 Å². The van der Waals surface area contributed by atoms with E-state index in [-0.39, 0.29) is 17.1 Å². The monoisotopic (exact) mass is 436 g/mol. The molecule has 0 saturated carbocycles. The number of carbonyl (C=O) groups is 1. The number of non-ortho nitro benzene ring substituents is 1. The molecule has 0 aliphatic carbocycles. The Kier molecular flexibility index (Phi) is 5.60. The number of aryl methyl sites for hydroxylation is 1. The molecule has 9 nitrogen and oxygen atoms in total. The van der Waals surface area contributed by atoms with Gasteiger partial charge in [-0.1, -0.05) is 0 Å². The lowest BCUT2D eigenvalue weighted by Gasteiger charge is -2.09. The van der Waals surface area contributed by atoms with Gasteiger partial charge in [-0.05, 0) is 43.3 Å². The number of anilines is 1. The van der Waals surface area contributed by atoms with E-state index in [1.807, 2.05) is 0 Å². The zero-order valence-corrected chi connectivity index (χ0v) is 16.1. The van der Waals surface area contributed by atoms with Gasteiger partial charge in [0.2, 0.25) is 9.84 Å². The smallest absolute Gasteiger partial charge is 0.306 e. The molecule has 1 N–H and O–H groups in total. The highest BCUT2D eigenvalue weighted by Gasteiger charge is 2.26. The van der Waals surface area contributed by atoms with Crippen molar-refractivity contribution >= 4 is 27.2 Å². The topological polar surface area (TPSA) is 124 Å². The largest absolute Gasteiger partial charge is 0.341 e. The van der Waals surface area contributed by atoms with Crippen molar-refractivity contribution < 1.29 is 26.9 Å². The first-order valence-electron chi connectivity index (χ1n) is 8.34. The molecule has 156 valence electrons. The number of sulfone groups is 1. The van der Waals surface area contributed by atoms with Crippen LogP contribution < -0.4 is 5.32 Å². The normalized spacial score (nSPS) is 11.5. The van der Waals surface area contributed by atoms with Crippen LogP contribution in [0.25, 0.3) is 5.69 Å². The fraction of sp³-hybridized carbons (Fsp3) is 0.111. The second-order valence-corrected chi connectivity index (χ2v) is 8.06. The summed E-state index contributed by atoms with van der Waals surface area (Å²) in [5.74, 6) is -3.93. The van der Waals surface area contributed by atoms with Crippen molar-refractivity contribution in [2.24, 2.45) is 0 Å². The molecular weight excluding hydrogens is 422 g/mol. The van der Waals surface area contributed by atoms with Crippen LogP contribution in [0.3, 0.4) is 0 Å². The minimum absolute atomic E-state index is 0.0392. The SMILES string of the molecule is Cc1cc(NC(=O)c2ccc(S(=O)(=O)C(F)F)cc2)n(-c2ccc([N+](=O)[O-])cc2)n1. The van der Waals surface area contributed by atoms with E-state index < -0.39 is 31.3 Å². The van der Waals surface area contributed by atoms with Crippen molar-refractivity contribution in [3.63, 3.8) is 0 Å². The maximum atomic E-state index is 12.6. The quantitative estimate of drug-likeness (QED) is 0.467. The Hall–Kier alpha value is -3.67. The van der Waals surface area contributed by atoms with Crippen molar-refractivity contribution in [1.29, 1.82) is 0 Å². The summed E-state index contributed by atoms with van der Waals surface area (Å²) in [4.78, 5) is 22.2. The number of rotatable bonds is 6. The number of hydrogen-bond acceptors (Lipinski definition) is 6. The van der Waals surface area contributed by atoms with Crippen LogP contribution in [-0.2, 0) is 9.84 Å². The molecular formula is C18H14F2N4O5S. The average molecular weight is 436 g/mol. The Morgan fingerprint density at radius 2 is 1.73 bits per heavy atom. The van der Waals surface area contributed by atoms with Crippen LogP contribution in [0.4, 0.5) is 20.3 Å². The van der Waals surface area contributed by atoms with Gasteiger partial charge in [0.1, 0.15) is 5.82 Å². The predicted molar refractivity (Wildman–Crippen MR) is 103 cm³/mol. The molecule has 0 fully saturated rings. The van der Waals surface area contributed by atoms with Gasteiger partial charge in [0.25, 0.3) is 11.6 Å². The third kappa shape index (κ3) is 4.17.